The second kappa shape index (κ2) is 5.88. The highest BCUT2D eigenvalue weighted by Crippen LogP contribution is 2.34. The molecule has 128 valence electrons. The molecule has 2 heterocycles. The highest BCUT2D eigenvalue weighted by atomic mass is 16.4. The summed E-state index contributed by atoms with van der Waals surface area (Å²) >= 11 is 0. The molecule has 0 bridgehead atoms. The molecule has 1 aliphatic carbocycles. The molecule has 1 aliphatic rings. The maximum atomic E-state index is 12.7. The van der Waals surface area contributed by atoms with Gasteiger partial charge in [0.15, 0.2) is 0 Å². The highest BCUT2D eigenvalue weighted by Gasteiger charge is 2.19. The van der Waals surface area contributed by atoms with Crippen molar-refractivity contribution in [3.63, 3.8) is 0 Å². The summed E-state index contributed by atoms with van der Waals surface area (Å²) in [5.41, 5.74) is 6.90. The molecule has 1 saturated carbocycles. The lowest BCUT2D eigenvalue weighted by atomic mass is 9.84. The number of nitrogens with two attached hydrogens (primary N) is 1. The Morgan fingerprint density at radius 1 is 1.16 bits per heavy atom. The fourth-order valence-electron chi connectivity index (χ4n) is 3.67. The van der Waals surface area contributed by atoms with Crippen LogP contribution in [0.5, 0.6) is 0 Å². The molecule has 2 aromatic heterocycles. The van der Waals surface area contributed by atoms with Gasteiger partial charge in [-0.3, -0.25) is 4.79 Å². The molecule has 3 aromatic rings. The number of aromatic nitrogens is 1. The van der Waals surface area contributed by atoms with Gasteiger partial charge in [-0.15, -0.1) is 0 Å². The molecule has 4 rings (SSSR count). The first-order valence-corrected chi connectivity index (χ1v) is 8.45. The number of nitrogen functional groups attached to an aromatic ring is 1. The van der Waals surface area contributed by atoms with Crippen molar-refractivity contribution in [2.75, 3.05) is 5.73 Å². The number of carboxylic acids is 1. The van der Waals surface area contributed by atoms with Crippen LogP contribution in [0.1, 0.15) is 53.9 Å². The summed E-state index contributed by atoms with van der Waals surface area (Å²) in [6.45, 7) is 0. The summed E-state index contributed by atoms with van der Waals surface area (Å²) in [6, 6.07) is 6.89. The third-order valence-corrected chi connectivity index (χ3v) is 5.03. The van der Waals surface area contributed by atoms with Gasteiger partial charge in [-0.05, 0) is 42.5 Å². The molecular formula is C19H18N2O4. The van der Waals surface area contributed by atoms with Gasteiger partial charge in [0.1, 0.15) is 17.0 Å². The third-order valence-electron chi connectivity index (χ3n) is 5.03. The largest absolute Gasteiger partial charge is 0.478 e. The molecule has 3 N–H and O–H groups in total. The van der Waals surface area contributed by atoms with Crippen LogP contribution in [0.2, 0.25) is 0 Å². The average molecular weight is 338 g/mol. The van der Waals surface area contributed by atoms with E-state index in [0.717, 1.165) is 12.8 Å². The number of fused-ring (bicyclic) bond motifs is 2. The fraction of sp³-hybridized carbons (Fsp3) is 0.316. The summed E-state index contributed by atoms with van der Waals surface area (Å²) in [7, 11) is 0. The maximum absolute atomic E-state index is 12.7. The second-order valence-corrected chi connectivity index (χ2v) is 6.60. The standard InChI is InChI=1S/C19H18N2O4/c20-17-14(19(23)24)9-13-16(22)12-7-6-11(10-4-2-1-3-5-10)8-15(12)25-18(13)21-17/h6-10H,1-5H2,(H2,20,21)(H,23,24). The number of carboxylic acid groups (broad SMARTS) is 1. The second-order valence-electron chi connectivity index (χ2n) is 6.60. The summed E-state index contributed by atoms with van der Waals surface area (Å²) < 4.78 is 5.79. The molecule has 0 unspecified atom stereocenters. The Bertz CT molecular complexity index is 1050. The minimum Gasteiger partial charge on any atom is -0.478 e. The number of benzene rings is 1. The van der Waals surface area contributed by atoms with Crippen LogP contribution in [0.15, 0.2) is 33.5 Å². The molecule has 0 aliphatic heterocycles. The van der Waals surface area contributed by atoms with E-state index in [9.17, 15) is 9.59 Å². The van der Waals surface area contributed by atoms with Gasteiger partial charge >= 0.3 is 5.97 Å². The third kappa shape index (κ3) is 2.63. The van der Waals surface area contributed by atoms with Crippen LogP contribution < -0.4 is 11.2 Å². The van der Waals surface area contributed by atoms with Crippen molar-refractivity contribution in [3.8, 4) is 0 Å². The van der Waals surface area contributed by atoms with E-state index >= 15 is 0 Å². The number of nitrogens with zero attached hydrogens (tertiary/aromatic N) is 1. The van der Waals surface area contributed by atoms with Crippen molar-refractivity contribution in [3.05, 3.63) is 45.6 Å². The quantitative estimate of drug-likeness (QED) is 0.691. The topological polar surface area (TPSA) is 106 Å². The van der Waals surface area contributed by atoms with Gasteiger partial charge in [-0.1, -0.05) is 25.3 Å². The van der Waals surface area contributed by atoms with Crippen molar-refractivity contribution in [1.29, 1.82) is 0 Å². The Hall–Kier alpha value is -2.89. The van der Waals surface area contributed by atoms with E-state index in [1.807, 2.05) is 12.1 Å². The first kappa shape index (κ1) is 15.6. The van der Waals surface area contributed by atoms with E-state index in [4.69, 9.17) is 15.3 Å². The number of anilines is 1. The first-order chi connectivity index (χ1) is 12.0. The van der Waals surface area contributed by atoms with Crippen LogP contribution in [-0.2, 0) is 0 Å². The molecule has 6 nitrogen and oxygen atoms in total. The van der Waals surface area contributed by atoms with Crippen LogP contribution in [0.4, 0.5) is 5.82 Å². The lowest BCUT2D eigenvalue weighted by molar-refractivity contribution is 0.0698. The number of hydrogen-bond donors (Lipinski definition) is 2. The SMILES string of the molecule is Nc1nc2oc3cc(C4CCCCC4)ccc3c(=O)c2cc1C(=O)O. The van der Waals surface area contributed by atoms with E-state index in [-0.39, 0.29) is 27.9 Å². The normalized spacial score (nSPS) is 15.7. The van der Waals surface area contributed by atoms with E-state index in [1.165, 1.54) is 30.9 Å². The summed E-state index contributed by atoms with van der Waals surface area (Å²) in [5, 5.41) is 9.71. The smallest absolute Gasteiger partial charge is 0.339 e. The first-order valence-electron chi connectivity index (χ1n) is 8.45. The summed E-state index contributed by atoms with van der Waals surface area (Å²) in [4.78, 5) is 27.9. The highest BCUT2D eigenvalue weighted by molar-refractivity contribution is 5.98. The zero-order valence-electron chi connectivity index (χ0n) is 13.6. The van der Waals surface area contributed by atoms with Gasteiger partial charge in [0.25, 0.3) is 0 Å². The molecule has 1 aromatic carbocycles. The van der Waals surface area contributed by atoms with Gasteiger partial charge in [-0.25, -0.2) is 4.79 Å². The lowest BCUT2D eigenvalue weighted by Gasteiger charge is -2.22. The summed E-state index contributed by atoms with van der Waals surface area (Å²) in [5.74, 6) is -0.892. The van der Waals surface area contributed by atoms with Gasteiger partial charge in [0.05, 0.1) is 10.8 Å². The van der Waals surface area contributed by atoms with Crippen LogP contribution >= 0.6 is 0 Å². The van der Waals surface area contributed by atoms with Crippen molar-refractivity contribution >= 4 is 33.9 Å². The molecule has 0 saturated heterocycles. The van der Waals surface area contributed by atoms with Crippen molar-refractivity contribution in [2.24, 2.45) is 0 Å². The molecule has 6 heteroatoms. The molecular weight excluding hydrogens is 320 g/mol. The number of hydrogen-bond acceptors (Lipinski definition) is 5. The Morgan fingerprint density at radius 2 is 1.92 bits per heavy atom. The average Bonchev–Trinajstić information content (AvgIpc) is 2.61. The van der Waals surface area contributed by atoms with Crippen LogP contribution in [0, 0.1) is 0 Å². The van der Waals surface area contributed by atoms with Crippen molar-refractivity contribution in [1.82, 2.24) is 4.98 Å². The monoisotopic (exact) mass is 338 g/mol. The molecule has 0 radical (unpaired) electrons. The predicted octanol–water partition coefficient (Wildman–Crippen LogP) is 3.67. The van der Waals surface area contributed by atoms with Crippen LogP contribution in [0.3, 0.4) is 0 Å². The van der Waals surface area contributed by atoms with Crippen LogP contribution in [-0.4, -0.2) is 16.1 Å². The van der Waals surface area contributed by atoms with Gasteiger partial charge < -0.3 is 15.3 Å². The number of aromatic carboxylic acids is 1. The fourth-order valence-corrected chi connectivity index (χ4v) is 3.67. The number of rotatable bonds is 2. The minimum atomic E-state index is -1.22. The van der Waals surface area contributed by atoms with Crippen LogP contribution in [0.25, 0.3) is 22.1 Å². The Labute approximate surface area is 143 Å². The van der Waals surface area contributed by atoms with Gasteiger partial charge in [0, 0.05) is 0 Å². The number of pyridine rings is 1. The Morgan fingerprint density at radius 3 is 2.64 bits per heavy atom. The van der Waals surface area contributed by atoms with E-state index in [2.05, 4.69) is 4.98 Å². The van der Waals surface area contributed by atoms with Crippen molar-refractivity contribution < 1.29 is 14.3 Å². The molecule has 0 atom stereocenters. The van der Waals surface area contributed by atoms with Crippen molar-refractivity contribution in [2.45, 2.75) is 38.0 Å². The predicted molar refractivity (Wildman–Crippen MR) is 95.0 cm³/mol. The zero-order valence-corrected chi connectivity index (χ0v) is 13.6. The van der Waals surface area contributed by atoms with Gasteiger partial charge in [0.2, 0.25) is 11.1 Å². The van der Waals surface area contributed by atoms with E-state index in [0.29, 0.717) is 16.9 Å². The zero-order chi connectivity index (χ0) is 17.6. The molecule has 0 spiro atoms. The minimum absolute atomic E-state index is 0.0702. The summed E-state index contributed by atoms with van der Waals surface area (Å²) in [6.07, 6.45) is 6.02. The van der Waals surface area contributed by atoms with E-state index < -0.39 is 5.97 Å². The van der Waals surface area contributed by atoms with E-state index in [1.54, 1.807) is 6.07 Å². The molecule has 1 fully saturated rings. The van der Waals surface area contributed by atoms with Gasteiger partial charge in [-0.2, -0.15) is 4.98 Å². The Balaban J connectivity index is 1.92. The molecule has 0 amide bonds. The Kier molecular flexibility index (Phi) is 3.67. The molecule has 25 heavy (non-hydrogen) atoms. The maximum Gasteiger partial charge on any atom is 0.339 e. The lowest BCUT2D eigenvalue weighted by Crippen LogP contribution is -2.10. The number of carbonyl (C=O) groups is 1.